The number of hydrogen-bond donors (Lipinski definition) is 2. The van der Waals surface area contributed by atoms with Crippen LogP contribution >= 0.6 is 15.9 Å². The molecule has 0 atom stereocenters. The molecule has 31 heavy (non-hydrogen) atoms. The van der Waals surface area contributed by atoms with Crippen LogP contribution in [0.5, 0.6) is 0 Å². The number of aryl methyl sites for hydroxylation is 1. The van der Waals surface area contributed by atoms with Crippen LogP contribution in [0.1, 0.15) is 43.9 Å². The van der Waals surface area contributed by atoms with Gasteiger partial charge in [0.1, 0.15) is 0 Å². The van der Waals surface area contributed by atoms with Crippen molar-refractivity contribution in [3.8, 4) is 0 Å². The summed E-state index contributed by atoms with van der Waals surface area (Å²) in [6, 6.07) is 8.92. The van der Waals surface area contributed by atoms with Gasteiger partial charge in [-0.15, -0.1) is 0 Å². The summed E-state index contributed by atoms with van der Waals surface area (Å²) >= 11 is 3.58. The Hall–Kier alpha value is -2.16. The lowest BCUT2D eigenvalue weighted by Gasteiger charge is -2.27. The summed E-state index contributed by atoms with van der Waals surface area (Å²) in [5.41, 5.74) is 2.76. The van der Waals surface area contributed by atoms with Gasteiger partial charge in [-0.05, 0) is 79.7 Å². The molecule has 0 radical (unpaired) electrons. The highest BCUT2D eigenvalue weighted by Gasteiger charge is 2.26. The summed E-state index contributed by atoms with van der Waals surface area (Å²) in [5, 5.41) is 14.1. The van der Waals surface area contributed by atoms with Crippen LogP contribution in [0.15, 0.2) is 52.0 Å². The van der Waals surface area contributed by atoms with E-state index in [1.807, 2.05) is 26.0 Å². The molecular weight excluding hydrogens is 478 g/mol. The molecule has 0 saturated heterocycles. The second kappa shape index (κ2) is 8.76. The number of rotatable bonds is 5. The van der Waals surface area contributed by atoms with E-state index in [1.54, 1.807) is 36.5 Å². The Morgan fingerprint density at radius 3 is 2.52 bits per heavy atom. The van der Waals surface area contributed by atoms with Crippen LogP contribution in [0.3, 0.4) is 0 Å². The van der Waals surface area contributed by atoms with Gasteiger partial charge in [-0.1, -0.05) is 23.8 Å². The summed E-state index contributed by atoms with van der Waals surface area (Å²) in [5.74, 6) is 0. The lowest BCUT2D eigenvalue weighted by molar-refractivity contribution is 0.126. The second-order valence-electron chi connectivity index (χ2n) is 8.02. The van der Waals surface area contributed by atoms with Crippen molar-refractivity contribution in [2.75, 3.05) is 5.32 Å². The third-order valence-corrected chi connectivity index (χ3v) is 8.04. The molecule has 2 heterocycles. The van der Waals surface area contributed by atoms with Crippen LogP contribution in [0, 0.1) is 6.92 Å². The predicted molar refractivity (Wildman–Crippen MR) is 128 cm³/mol. The van der Waals surface area contributed by atoms with E-state index in [0.29, 0.717) is 11.3 Å². The first-order valence-electron chi connectivity index (χ1n) is 10.4. The number of pyridine rings is 1. The topological polar surface area (TPSA) is 84.2 Å². The van der Waals surface area contributed by atoms with Gasteiger partial charge in [-0.2, -0.15) is 0 Å². The molecule has 0 bridgehead atoms. The minimum Gasteiger partial charge on any atom is -0.393 e. The van der Waals surface area contributed by atoms with Crippen LogP contribution in [-0.2, 0) is 10.0 Å². The first-order valence-corrected chi connectivity index (χ1v) is 12.6. The Labute approximate surface area is 191 Å². The summed E-state index contributed by atoms with van der Waals surface area (Å²) in [6.07, 6.45) is 8.25. The van der Waals surface area contributed by atoms with Crippen LogP contribution in [0.4, 0.5) is 5.69 Å². The highest BCUT2D eigenvalue weighted by molar-refractivity contribution is 9.10. The maximum Gasteiger partial charge on any atom is 0.269 e. The molecule has 0 amide bonds. The zero-order valence-corrected chi connectivity index (χ0v) is 19.9. The molecule has 2 aromatic heterocycles. The van der Waals surface area contributed by atoms with Crippen molar-refractivity contribution in [2.24, 2.45) is 0 Å². The lowest BCUT2D eigenvalue weighted by Crippen LogP contribution is -2.28. The third kappa shape index (κ3) is 4.29. The molecule has 4 rings (SSSR count). The number of aliphatic hydroxyl groups excluding tert-OH is 1. The number of aliphatic hydroxyl groups is 1. The zero-order chi connectivity index (χ0) is 22.2. The number of nitrogens with one attached hydrogen (secondary N) is 1. The molecule has 2 N–H and O–H groups in total. The van der Waals surface area contributed by atoms with Gasteiger partial charge < -0.3 is 10.4 Å². The Bertz CT molecular complexity index is 1230. The fourth-order valence-corrected chi connectivity index (χ4v) is 5.93. The molecule has 1 aliphatic rings. The highest BCUT2D eigenvalue weighted by atomic mass is 79.9. The van der Waals surface area contributed by atoms with Gasteiger partial charge in [0.2, 0.25) is 0 Å². The minimum absolute atomic E-state index is 0.215. The SMILES string of the molecule is C/C=C/c1cc2c(N[C@H]3CC[C@H](O)CC3)c(Br)cnc2n1S(=O)(=O)c1ccc(C)cc1. The quantitative estimate of drug-likeness (QED) is 0.506. The van der Waals surface area contributed by atoms with Gasteiger partial charge in [0.25, 0.3) is 10.0 Å². The smallest absolute Gasteiger partial charge is 0.269 e. The monoisotopic (exact) mass is 503 g/mol. The van der Waals surface area contributed by atoms with E-state index in [-0.39, 0.29) is 17.0 Å². The fraction of sp³-hybridized carbons (Fsp3) is 0.348. The number of halogens is 1. The summed E-state index contributed by atoms with van der Waals surface area (Å²) in [4.78, 5) is 4.71. The molecule has 1 saturated carbocycles. The summed E-state index contributed by atoms with van der Waals surface area (Å²) in [7, 11) is -3.84. The van der Waals surface area contributed by atoms with E-state index in [0.717, 1.165) is 46.8 Å². The molecule has 164 valence electrons. The molecule has 3 aromatic rings. The molecule has 8 heteroatoms. The molecular formula is C23H26BrN3O3S. The van der Waals surface area contributed by atoms with E-state index in [2.05, 4.69) is 26.2 Å². The lowest BCUT2D eigenvalue weighted by atomic mass is 9.93. The highest BCUT2D eigenvalue weighted by Crippen LogP contribution is 2.36. The van der Waals surface area contributed by atoms with Gasteiger partial charge in [-0.25, -0.2) is 17.4 Å². The van der Waals surface area contributed by atoms with Crippen LogP contribution in [0.2, 0.25) is 0 Å². The summed E-state index contributed by atoms with van der Waals surface area (Å²) in [6.45, 7) is 3.78. The zero-order valence-electron chi connectivity index (χ0n) is 17.5. The predicted octanol–water partition coefficient (Wildman–Crippen LogP) is 5.09. The van der Waals surface area contributed by atoms with E-state index in [4.69, 9.17) is 0 Å². The molecule has 1 aliphatic carbocycles. The van der Waals surface area contributed by atoms with Gasteiger partial charge in [0.05, 0.1) is 26.9 Å². The average Bonchev–Trinajstić information content (AvgIpc) is 3.11. The van der Waals surface area contributed by atoms with Crippen molar-refractivity contribution >= 4 is 48.8 Å². The number of anilines is 1. The first kappa shape index (κ1) is 22.0. The van der Waals surface area contributed by atoms with Crippen LogP contribution < -0.4 is 5.32 Å². The van der Waals surface area contributed by atoms with Crippen molar-refractivity contribution in [3.05, 3.63) is 58.3 Å². The first-order chi connectivity index (χ1) is 14.8. The van der Waals surface area contributed by atoms with Crippen LogP contribution in [0.25, 0.3) is 17.1 Å². The number of hydrogen-bond acceptors (Lipinski definition) is 5. The van der Waals surface area contributed by atoms with Gasteiger partial charge in [0.15, 0.2) is 5.65 Å². The Balaban J connectivity index is 1.86. The molecule has 0 aliphatic heterocycles. The number of fused-ring (bicyclic) bond motifs is 1. The Morgan fingerprint density at radius 2 is 1.87 bits per heavy atom. The van der Waals surface area contributed by atoms with Crippen molar-refractivity contribution in [3.63, 3.8) is 0 Å². The van der Waals surface area contributed by atoms with Crippen molar-refractivity contribution < 1.29 is 13.5 Å². The maximum atomic E-state index is 13.6. The van der Waals surface area contributed by atoms with Crippen molar-refractivity contribution in [1.82, 2.24) is 8.96 Å². The average molecular weight is 504 g/mol. The number of allylic oxidation sites excluding steroid dienone is 1. The standard InChI is InChI=1S/C23H26BrN3O3S/c1-3-4-17-13-20-22(26-16-7-9-18(28)10-8-16)21(24)14-25-23(20)27(17)31(29,30)19-11-5-15(2)6-12-19/h3-6,11-14,16,18,28H,7-10H2,1-2H3,(H,25,26)/b4-3+/t16-,18-. The van der Waals surface area contributed by atoms with Crippen molar-refractivity contribution in [2.45, 2.75) is 56.6 Å². The number of nitrogens with zero attached hydrogens (tertiary/aromatic N) is 2. The normalized spacial score (nSPS) is 19.9. The van der Waals surface area contributed by atoms with Gasteiger partial charge in [-0.3, -0.25) is 0 Å². The fourth-order valence-electron chi connectivity index (χ4n) is 4.05. The minimum atomic E-state index is -3.84. The van der Waals surface area contributed by atoms with E-state index >= 15 is 0 Å². The van der Waals surface area contributed by atoms with Gasteiger partial charge in [0, 0.05) is 17.6 Å². The van der Waals surface area contributed by atoms with E-state index in [1.165, 1.54) is 3.97 Å². The second-order valence-corrected chi connectivity index (χ2v) is 10.7. The number of benzene rings is 1. The molecule has 0 unspecified atom stereocenters. The van der Waals surface area contributed by atoms with Crippen molar-refractivity contribution in [1.29, 1.82) is 0 Å². The molecule has 1 aromatic carbocycles. The third-order valence-electron chi connectivity index (χ3n) is 5.71. The molecule has 6 nitrogen and oxygen atoms in total. The summed E-state index contributed by atoms with van der Waals surface area (Å²) < 4.78 is 29.2. The van der Waals surface area contributed by atoms with Crippen LogP contribution in [-0.4, -0.2) is 34.6 Å². The Morgan fingerprint density at radius 1 is 1.19 bits per heavy atom. The molecule has 1 fully saturated rings. The Kier molecular flexibility index (Phi) is 6.23. The number of aromatic nitrogens is 2. The molecule has 0 spiro atoms. The van der Waals surface area contributed by atoms with Gasteiger partial charge >= 0.3 is 0 Å². The van der Waals surface area contributed by atoms with E-state index in [9.17, 15) is 13.5 Å². The maximum absolute atomic E-state index is 13.6. The van der Waals surface area contributed by atoms with E-state index < -0.39 is 10.0 Å². The largest absolute Gasteiger partial charge is 0.393 e.